The van der Waals surface area contributed by atoms with Crippen LogP contribution in [0.4, 0.5) is 0 Å². The van der Waals surface area contributed by atoms with Crippen molar-refractivity contribution in [3.05, 3.63) is 45.2 Å². The van der Waals surface area contributed by atoms with E-state index in [1.165, 1.54) is 22.5 Å². The molecule has 0 spiro atoms. The zero-order chi connectivity index (χ0) is 11.5. The predicted octanol–water partition coefficient (Wildman–Crippen LogP) is 4.61. The summed E-state index contributed by atoms with van der Waals surface area (Å²) in [6, 6.07) is 12.7. The molecule has 80 valence electrons. The number of aryl methyl sites for hydroxylation is 1. The Morgan fingerprint density at radius 3 is 2.50 bits per heavy atom. The normalized spacial score (nSPS) is 10.1. The lowest BCUT2D eigenvalue weighted by Gasteiger charge is -1.99. The van der Waals surface area contributed by atoms with Crippen LogP contribution < -0.4 is 0 Å². The largest absolute Gasteiger partial charge is 0.191 e. The van der Waals surface area contributed by atoms with Gasteiger partial charge in [0.15, 0.2) is 0 Å². The third-order valence-electron chi connectivity index (χ3n) is 2.43. The Hall–Kier alpha value is -1.11. The Morgan fingerprint density at radius 2 is 2.00 bits per heavy atom. The van der Waals surface area contributed by atoms with Gasteiger partial charge in [0.05, 0.1) is 0 Å². The first-order valence-corrected chi connectivity index (χ1v) is 6.64. The van der Waals surface area contributed by atoms with Gasteiger partial charge >= 0.3 is 0 Å². The number of benzene rings is 1. The fourth-order valence-corrected chi connectivity index (χ4v) is 3.06. The first kappa shape index (κ1) is 11.4. The van der Waals surface area contributed by atoms with E-state index >= 15 is 0 Å². The van der Waals surface area contributed by atoms with Gasteiger partial charge in [0.1, 0.15) is 10.9 Å². The summed E-state index contributed by atoms with van der Waals surface area (Å²) in [5, 5.41) is 8.89. The van der Waals surface area contributed by atoms with Gasteiger partial charge in [-0.3, -0.25) is 0 Å². The highest BCUT2D eigenvalue weighted by molar-refractivity contribution is 9.10. The fraction of sp³-hybridized carbons (Fsp3) is 0.154. The first-order chi connectivity index (χ1) is 7.74. The molecule has 0 unspecified atom stereocenters. The summed E-state index contributed by atoms with van der Waals surface area (Å²) in [7, 11) is 0. The van der Waals surface area contributed by atoms with E-state index in [2.05, 4.69) is 53.2 Å². The Bertz CT molecular complexity index is 534. The molecule has 0 N–H and O–H groups in total. The van der Waals surface area contributed by atoms with Crippen LogP contribution in [0.15, 0.2) is 34.8 Å². The lowest BCUT2D eigenvalue weighted by atomic mass is 10.1. The zero-order valence-corrected chi connectivity index (χ0v) is 11.2. The number of rotatable bonds is 2. The molecule has 1 aromatic heterocycles. The molecule has 0 aliphatic rings. The zero-order valence-electron chi connectivity index (χ0n) is 8.83. The Kier molecular flexibility index (Phi) is 3.42. The van der Waals surface area contributed by atoms with Crippen molar-refractivity contribution in [3.8, 4) is 16.5 Å². The van der Waals surface area contributed by atoms with Crippen LogP contribution in [0.25, 0.3) is 10.4 Å². The maximum absolute atomic E-state index is 8.89. The highest BCUT2D eigenvalue weighted by Crippen LogP contribution is 2.34. The molecule has 0 radical (unpaired) electrons. The van der Waals surface area contributed by atoms with Gasteiger partial charge in [0.25, 0.3) is 0 Å². The summed E-state index contributed by atoms with van der Waals surface area (Å²) in [4.78, 5) is 1.86. The quantitative estimate of drug-likeness (QED) is 0.792. The van der Waals surface area contributed by atoms with Gasteiger partial charge in [-0.25, -0.2) is 0 Å². The van der Waals surface area contributed by atoms with E-state index in [-0.39, 0.29) is 0 Å². The van der Waals surface area contributed by atoms with Crippen LogP contribution in [0.1, 0.15) is 17.4 Å². The molecular weight excluding hydrogens is 282 g/mol. The van der Waals surface area contributed by atoms with Crippen molar-refractivity contribution in [1.29, 1.82) is 5.26 Å². The second-order valence-electron chi connectivity index (χ2n) is 3.45. The number of halogens is 1. The molecule has 1 nitrogen and oxygen atoms in total. The molecule has 0 aliphatic carbocycles. The van der Waals surface area contributed by atoms with E-state index in [1.807, 2.05) is 6.07 Å². The number of thiophene rings is 1. The van der Waals surface area contributed by atoms with Crippen molar-refractivity contribution in [1.82, 2.24) is 0 Å². The summed E-state index contributed by atoms with van der Waals surface area (Å²) in [5.74, 6) is 0. The minimum atomic E-state index is 0.731. The lowest BCUT2D eigenvalue weighted by Crippen LogP contribution is -1.78. The monoisotopic (exact) mass is 291 g/mol. The summed E-state index contributed by atoms with van der Waals surface area (Å²) < 4.78 is 0.884. The molecule has 2 aromatic rings. The van der Waals surface area contributed by atoms with Crippen molar-refractivity contribution < 1.29 is 0 Å². The van der Waals surface area contributed by atoms with Gasteiger partial charge in [-0.15, -0.1) is 11.3 Å². The number of hydrogen-bond donors (Lipinski definition) is 0. The van der Waals surface area contributed by atoms with Crippen LogP contribution in [0, 0.1) is 11.3 Å². The molecule has 0 saturated heterocycles. The molecule has 1 heterocycles. The highest BCUT2D eigenvalue weighted by Gasteiger charge is 2.07. The SMILES string of the molecule is CCc1ccc(-c2cc(Br)c(C#N)s2)cc1. The van der Waals surface area contributed by atoms with Crippen LogP contribution >= 0.6 is 27.3 Å². The topological polar surface area (TPSA) is 23.8 Å². The second kappa shape index (κ2) is 4.82. The lowest BCUT2D eigenvalue weighted by molar-refractivity contribution is 1.14. The molecule has 0 aliphatic heterocycles. The van der Waals surface area contributed by atoms with Crippen LogP contribution in [0.2, 0.25) is 0 Å². The fourth-order valence-electron chi connectivity index (χ4n) is 1.49. The Morgan fingerprint density at radius 1 is 1.31 bits per heavy atom. The molecule has 0 fully saturated rings. The molecule has 3 heteroatoms. The van der Waals surface area contributed by atoms with E-state index in [0.717, 1.165) is 20.6 Å². The number of nitrogens with zero attached hydrogens (tertiary/aromatic N) is 1. The summed E-state index contributed by atoms with van der Waals surface area (Å²) in [6.07, 6.45) is 1.05. The van der Waals surface area contributed by atoms with Crippen LogP contribution in [0.3, 0.4) is 0 Å². The molecular formula is C13H10BrNS. The van der Waals surface area contributed by atoms with E-state index in [1.54, 1.807) is 0 Å². The third kappa shape index (κ3) is 2.18. The van der Waals surface area contributed by atoms with Crippen molar-refractivity contribution >= 4 is 27.3 Å². The average Bonchev–Trinajstić information content (AvgIpc) is 2.71. The van der Waals surface area contributed by atoms with Gasteiger partial charge < -0.3 is 0 Å². The van der Waals surface area contributed by atoms with Crippen molar-refractivity contribution in [2.24, 2.45) is 0 Å². The standard InChI is InChI=1S/C13H10BrNS/c1-2-9-3-5-10(6-4-9)12-7-11(14)13(8-15)16-12/h3-7H,2H2,1H3. The van der Waals surface area contributed by atoms with Crippen LogP contribution in [0.5, 0.6) is 0 Å². The molecule has 0 amide bonds. The van der Waals surface area contributed by atoms with Crippen LogP contribution in [-0.2, 0) is 6.42 Å². The Balaban J connectivity index is 2.39. The molecule has 0 saturated carbocycles. The average molecular weight is 292 g/mol. The Labute approximate surface area is 107 Å². The summed E-state index contributed by atoms with van der Waals surface area (Å²) in [5.41, 5.74) is 2.50. The smallest absolute Gasteiger partial charge is 0.119 e. The summed E-state index contributed by atoms with van der Waals surface area (Å²) >= 11 is 4.91. The molecule has 2 rings (SSSR count). The van der Waals surface area contributed by atoms with Gasteiger partial charge in [-0.05, 0) is 39.5 Å². The van der Waals surface area contributed by atoms with Gasteiger partial charge in [-0.2, -0.15) is 5.26 Å². The predicted molar refractivity (Wildman–Crippen MR) is 71.5 cm³/mol. The minimum absolute atomic E-state index is 0.731. The minimum Gasteiger partial charge on any atom is -0.191 e. The van der Waals surface area contributed by atoms with Gasteiger partial charge in [-0.1, -0.05) is 31.2 Å². The maximum atomic E-state index is 8.89. The van der Waals surface area contributed by atoms with E-state index in [9.17, 15) is 0 Å². The first-order valence-electron chi connectivity index (χ1n) is 5.03. The van der Waals surface area contributed by atoms with Crippen molar-refractivity contribution in [2.75, 3.05) is 0 Å². The maximum Gasteiger partial charge on any atom is 0.119 e. The third-order valence-corrected chi connectivity index (χ3v) is 4.41. The van der Waals surface area contributed by atoms with Crippen molar-refractivity contribution in [3.63, 3.8) is 0 Å². The molecule has 1 aromatic carbocycles. The van der Waals surface area contributed by atoms with Crippen molar-refractivity contribution in [2.45, 2.75) is 13.3 Å². The second-order valence-corrected chi connectivity index (χ2v) is 5.36. The van der Waals surface area contributed by atoms with Crippen LogP contribution in [-0.4, -0.2) is 0 Å². The van der Waals surface area contributed by atoms with E-state index in [4.69, 9.17) is 5.26 Å². The molecule has 0 bridgehead atoms. The number of hydrogen-bond acceptors (Lipinski definition) is 2. The van der Waals surface area contributed by atoms with Gasteiger partial charge in [0.2, 0.25) is 0 Å². The van der Waals surface area contributed by atoms with E-state index < -0.39 is 0 Å². The van der Waals surface area contributed by atoms with E-state index in [0.29, 0.717) is 0 Å². The molecule has 0 atom stereocenters. The number of nitriles is 1. The van der Waals surface area contributed by atoms with Gasteiger partial charge in [0, 0.05) is 9.35 Å². The molecule has 16 heavy (non-hydrogen) atoms. The highest BCUT2D eigenvalue weighted by atomic mass is 79.9. The summed E-state index contributed by atoms with van der Waals surface area (Å²) in [6.45, 7) is 2.14.